The van der Waals surface area contributed by atoms with Gasteiger partial charge in [0, 0.05) is 20.0 Å². The first-order valence-corrected chi connectivity index (χ1v) is 6.38. The minimum Gasteiger partial charge on any atom is -0.480 e. The summed E-state index contributed by atoms with van der Waals surface area (Å²) in [5, 5.41) is 11.4. The minimum atomic E-state index is -2.62. The van der Waals surface area contributed by atoms with Crippen molar-refractivity contribution in [1.82, 2.24) is 10.2 Å². The molecule has 0 bridgehead atoms. The quantitative estimate of drug-likeness (QED) is 0.558. The van der Waals surface area contributed by atoms with E-state index in [-0.39, 0.29) is 32.0 Å². The molecule has 0 radical (unpaired) electrons. The molecule has 7 nitrogen and oxygen atoms in total. The van der Waals surface area contributed by atoms with Gasteiger partial charge in [-0.05, 0) is 6.92 Å². The summed E-state index contributed by atoms with van der Waals surface area (Å²) in [5.41, 5.74) is 0. The third-order valence-corrected chi connectivity index (χ3v) is 2.58. The Balaban J connectivity index is 4.38. The molecule has 0 aromatic rings. The molecule has 21 heavy (non-hydrogen) atoms. The molecule has 0 saturated heterocycles. The Morgan fingerprint density at radius 1 is 1.33 bits per heavy atom. The lowest BCUT2D eigenvalue weighted by Crippen LogP contribution is -2.47. The summed E-state index contributed by atoms with van der Waals surface area (Å²) in [6.45, 7) is 1.76. The number of halogens is 2. The second-order valence-corrected chi connectivity index (χ2v) is 4.30. The lowest BCUT2D eigenvalue weighted by molar-refractivity contribution is -0.150. The highest BCUT2D eigenvalue weighted by molar-refractivity contribution is 5.83. The zero-order valence-electron chi connectivity index (χ0n) is 12.0. The van der Waals surface area contributed by atoms with Crippen LogP contribution < -0.4 is 5.32 Å². The predicted octanol–water partition coefficient (Wildman–Crippen LogP) is 0.0960. The van der Waals surface area contributed by atoms with Gasteiger partial charge in [-0.25, -0.2) is 13.6 Å². The molecule has 2 amide bonds. The lowest BCUT2D eigenvalue weighted by Gasteiger charge is -2.26. The van der Waals surface area contributed by atoms with Crippen LogP contribution in [0.25, 0.3) is 0 Å². The van der Waals surface area contributed by atoms with Crippen LogP contribution >= 0.6 is 0 Å². The van der Waals surface area contributed by atoms with Crippen molar-refractivity contribution in [3.05, 3.63) is 0 Å². The second kappa shape index (κ2) is 10.0. The van der Waals surface area contributed by atoms with Crippen LogP contribution in [0.5, 0.6) is 0 Å². The zero-order chi connectivity index (χ0) is 16.4. The highest BCUT2D eigenvalue weighted by Gasteiger charge is 2.24. The van der Waals surface area contributed by atoms with E-state index < -0.39 is 31.0 Å². The van der Waals surface area contributed by atoms with Crippen molar-refractivity contribution in [3.63, 3.8) is 0 Å². The largest absolute Gasteiger partial charge is 0.480 e. The number of hydrogen-bond acceptors (Lipinski definition) is 4. The number of amides is 2. The number of ether oxygens (including phenoxy) is 1. The summed E-state index contributed by atoms with van der Waals surface area (Å²) in [7, 11) is 0. The molecular formula is C12H20F2N2O5. The van der Waals surface area contributed by atoms with E-state index >= 15 is 0 Å². The van der Waals surface area contributed by atoms with E-state index in [2.05, 4.69) is 10.1 Å². The van der Waals surface area contributed by atoms with E-state index in [1.54, 1.807) is 0 Å². The molecule has 1 atom stereocenters. The second-order valence-electron chi connectivity index (χ2n) is 4.30. The Kier molecular flexibility index (Phi) is 9.18. The molecule has 0 saturated carbocycles. The molecule has 9 heteroatoms. The summed E-state index contributed by atoms with van der Waals surface area (Å²) in [6.07, 6.45) is -2.82. The number of rotatable bonds is 10. The van der Waals surface area contributed by atoms with E-state index in [1.165, 1.54) is 13.8 Å². The van der Waals surface area contributed by atoms with E-state index in [4.69, 9.17) is 5.11 Å². The Hall–Kier alpha value is -1.77. The van der Waals surface area contributed by atoms with E-state index in [0.717, 1.165) is 4.90 Å². The molecule has 0 spiro atoms. The number of carbonyl (C=O) groups excluding carboxylic acids is 2. The van der Waals surface area contributed by atoms with Crippen molar-refractivity contribution in [2.45, 2.75) is 32.7 Å². The number of carbonyl (C=O) groups is 3. The van der Waals surface area contributed by atoms with Gasteiger partial charge in [0.05, 0.1) is 13.0 Å². The molecular weight excluding hydrogens is 290 g/mol. The molecule has 122 valence electrons. The van der Waals surface area contributed by atoms with Crippen LogP contribution in [0.2, 0.25) is 0 Å². The van der Waals surface area contributed by atoms with Crippen molar-refractivity contribution in [2.24, 2.45) is 0 Å². The van der Waals surface area contributed by atoms with Gasteiger partial charge in [0.2, 0.25) is 11.8 Å². The first kappa shape index (κ1) is 19.2. The van der Waals surface area contributed by atoms with Crippen LogP contribution in [0, 0.1) is 0 Å². The Labute approximate surface area is 121 Å². The van der Waals surface area contributed by atoms with Gasteiger partial charge in [-0.1, -0.05) is 0 Å². The Morgan fingerprint density at radius 3 is 2.43 bits per heavy atom. The maximum atomic E-state index is 11.9. The molecule has 0 aromatic carbocycles. The maximum absolute atomic E-state index is 11.9. The van der Waals surface area contributed by atoms with Crippen LogP contribution in [0.4, 0.5) is 8.78 Å². The Bertz CT molecular complexity index is 366. The monoisotopic (exact) mass is 310 g/mol. The third kappa shape index (κ3) is 8.90. The minimum absolute atomic E-state index is 0.0146. The van der Waals surface area contributed by atoms with Crippen molar-refractivity contribution in [3.8, 4) is 0 Å². The van der Waals surface area contributed by atoms with Gasteiger partial charge in [0.25, 0.3) is 6.43 Å². The van der Waals surface area contributed by atoms with Gasteiger partial charge in [0.15, 0.2) is 0 Å². The number of carboxylic acids is 1. The van der Waals surface area contributed by atoms with Crippen LogP contribution in [0.15, 0.2) is 0 Å². The number of carboxylic acid groups (broad SMARTS) is 1. The van der Waals surface area contributed by atoms with Crippen LogP contribution in [-0.2, 0) is 19.1 Å². The number of nitrogens with zero attached hydrogens (tertiary/aromatic N) is 1. The number of alkyl halides is 2. The molecule has 0 aliphatic heterocycles. The first-order valence-electron chi connectivity index (χ1n) is 6.38. The van der Waals surface area contributed by atoms with Crippen LogP contribution in [0.1, 0.15) is 20.3 Å². The van der Waals surface area contributed by atoms with Gasteiger partial charge >= 0.3 is 5.97 Å². The normalized spacial score (nSPS) is 12.0. The fraction of sp³-hybridized carbons (Fsp3) is 0.750. The van der Waals surface area contributed by atoms with Crippen LogP contribution in [-0.4, -0.2) is 66.6 Å². The SMILES string of the molecule is CC(=O)NCCN(C(=O)CCOCC(F)F)C(C)C(=O)O. The molecule has 0 fully saturated rings. The fourth-order valence-electron chi connectivity index (χ4n) is 1.50. The highest BCUT2D eigenvalue weighted by Crippen LogP contribution is 2.03. The molecule has 2 N–H and O–H groups in total. The molecule has 0 aromatic heterocycles. The van der Waals surface area contributed by atoms with E-state index in [9.17, 15) is 23.2 Å². The smallest absolute Gasteiger partial charge is 0.326 e. The topological polar surface area (TPSA) is 95.9 Å². The fourth-order valence-corrected chi connectivity index (χ4v) is 1.50. The van der Waals surface area contributed by atoms with Crippen molar-refractivity contribution < 1.29 is 33.0 Å². The average Bonchev–Trinajstić information content (AvgIpc) is 2.38. The van der Waals surface area contributed by atoms with E-state index in [1.807, 2.05) is 0 Å². The maximum Gasteiger partial charge on any atom is 0.326 e. The molecule has 0 rings (SSSR count). The standard InChI is InChI=1S/C12H20F2N2O5/c1-8(12(19)20)16(5-4-15-9(2)17)11(18)3-6-21-7-10(13)14/h8,10H,3-7H2,1-2H3,(H,15,17)(H,19,20). The summed E-state index contributed by atoms with van der Waals surface area (Å²) in [4.78, 5) is 34.7. The molecule has 0 heterocycles. The van der Waals surface area contributed by atoms with Crippen molar-refractivity contribution >= 4 is 17.8 Å². The summed E-state index contributed by atoms with van der Waals surface area (Å²) >= 11 is 0. The Morgan fingerprint density at radius 2 is 1.95 bits per heavy atom. The third-order valence-electron chi connectivity index (χ3n) is 2.58. The van der Waals surface area contributed by atoms with E-state index in [0.29, 0.717) is 0 Å². The average molecular weight is 310 g/mol. The van der Waals surface area contributed by atoms with Gasteiger partial charge in [-0.15, -0.1) is 0 Å². The first-order chi connectivity index (χ1) is 9.75. The highest BCUT2D eigenvalue weighted by atomic mass is 19.3. The van der Waals surface area contributed by atoms with Crippen LogP contribution in [0.3, 0.4) is 0 Å². The predicted molar refractivity (Wildman–Crippen MR) is 68.9 cm³/mol. The van der Waals surface area contributed by atoms with Gasteiger partial charge in [0.1, 0.15) is 12.6 Å². The molecule has 0 aliphatic rings. The number of aliphatic carboxylic acids is 1. The molecule has 1 unspecified atom stereocenters. The summed E-state index contributed by atoms with van der Waals surface area (Å²) in [5.74, 6) is -2.03. The van der Waals surface area contributed by atoms with Gasteiger partial charge in [-0.3, -0.25) is 9.59 Å². The van der Waals surface area contributed by atoms with Crippen molar-refractivity contribution in [1.29, 1.82) is 0 Å². The number of nitrogens with one attached hydrogen (secondary N) is 1. The molecule has 0 aliphatic carbocycles. The van der Waals surface area contributed by atoms with Gasteiger partial charge < -0.3 is 20.1 Å². The summed E-state index contributed by atoms with van der Waals surface area (Å²) in [6, 6.07) is -1.08. The zero-order valence-corrected chi connectivity index (χ0v) is 12.0. The van der Waals surface area contributed by atoms with Crippen molar-refractivity contribution in [2.75, 3.05) is 26.3 Å². The summed E-state index contributed by atoms with van der Waals surface area (Å²) < 4.78 is 28.3. The van der Waals surface area contributed by atoms with Gasteiger partial charge in [-0.2, -0.15) is 0 Å². The lowest BCUT2D eigenvalue weighted by atomic mass is 10.2. The number of hydrogen-bond donors (Lipinski definition) is 2.